The molecule has 1 amide bonds. The van der Waals surface area contributed by atoms with Crippen LogP contribution in [0, 0.1) is 0 Å². The first-order valence-electron chi connectivity index (χ1n) is 10.4. The molecule has 1 unspecified atom stereocenters. The first-order chi connectivity index (χ1) is 14.9. The Hall–Kier alpha value is -2.84. The molecule has 0 aliphatic carbocycles. The summed E-state index contributed by atoms with van der Waals surface area (Å²) in [5, 5.41) is 0. The van der Waals surface area contributed by atoms with Crippen molar-refractivity contribution in [3.05, 3.63) is 66.2 Å². The van der Waals surface area contributed by atoms with E-state index in [1.54, 1.807) is 29.2 Å². The van der Waals surface area contributed by atoms with Crippen molar-refractivity contribution in [3.8, 4) is 5.75 Å². The Morgan fingerprint density at radius 2 is 1.71 bits per heavy atom. The summed E-state index contributed by atoms with van der Waals surface area (Å²) in [7, 11) is -3.51. The van der Waals surface area contributed by atoms with Crippen molar-refractivity contribution in [1.29, 1.82) is 0 Å². The molecular weight excluding hydrogens is 414 g/mol. The Labute approximate surface area is 183 Å². The van der Waals surface area contributed by atoms with E-state index in [1.165, 1.54) is 9.87 Å². The van der Waals surface area contributed by atoms with Gasteiger partial charge in [0.1, 0.15) is 5.75 Å². The molecule has 0 spiro atoms. The van der Waals surface area contributed by atoms with E-state index in [0.29, 0.717) is 24.5 Å². The van der Waals surface area contributed by atoms with Gasteiger partial charge in [0, 0.05) is 32.7 Å². The monoisotopic (exact) mass is 441 g/mol. The van der Waals surface area contributed by atoms with Crippen LogP contribution in [0.5, 0.6) is 5.75 Å². The molecule has 4 rings (SSSR count). The minimum Gasteiger partial charge on any atom is -0.476 e. The van der Waals surface area contributed by atoms with Crippen LogP contribution in [-0.2, 0) is 14.8 Å². The molecule has 31 heavy (non-hydrogen) atoms. The second-order valence-electron chi connectivity index (χ2n) is 7.81. The number of carbonyl (C=O) groups is 1. The van der Waals surface area contributed by atoms with Crippen molar-refractivity contribution in [2.24, 2.45) is 0 Å². The third-order valence-corrected chi connectivity index (χ3v) is 6.71. The van der Waals surface area contributed by atoms with Gasteiger partial charge in [0.25, 0.3) is 5.91 Å². The van der Waals surface area contributed by atoms with Crippen LogP contribution in [0.3, 0.4) is 0 Å². The van der Waals surface area contributed by atoms with E-state index in [-0.39, 0.29) is 12.5 Å². The van der Waals surface area contributed by atoms with Crippen LogP contribution in [0.25, 0.3) is 6.08 Å². The Bertz CT molecular complexity index is 1050. The number of hydrogen-bond acceptors (Lipinski definition) is 5. The lowest BCUT2D eigenvalue weighted by Crippen LogP contribution is -2.56. The fourth-order valence-corrected chi connectivity index (χ4v) is 4.82. The highest BCUT2D eigenvalue weighted by atomic mass is 32.2. The van der Waals surface area contributed by atoms with E-state index in [1.807, 2.05) is 18.2 Å². The van der Waals surface area contributed by atoms with Crippen molar-refractivity contribution in [1.82, 2.24) is 9.80 Å². The minimum absolute atomic E-state index is 0.00525. The summed E-state index contributed by atoms with van der Waals surface area (Å²) in [5.74, 6) is 0.254. The minimum atomic E-state index is -3.51. The van der Waals surface area contributed by atoms with Crippen LogP contribution in [0.1, 0.15) is 5.56 Å². The predicted octanol–water partition coefficient (Wildman–Crippen LogP) is 2.07. The zero-order chi connectivity index (χ0) is 21.8. The average Bonchev–Trinajstić information content (AvgIpc) is 2.78. The summed E-state index contributed by atoms with van der Waals surface area (Å²) in [5.41, 5.74) is 1.64. The second kappa shape index (κ2) is 9.11. The fraction of sp³-hybridized carbons (Fsp3) is 0.348. The maximum atomic E-state index is 13.1. The molecule has 1 atom stereocenters. The molecule has 1 saturated heterocycles. The number of carbonyl (C=O) groups excluding carboxylic acids is 1. The highest BCUT2D eigenvalue weighted by Gasteiger charge is 2.37. The molecule has 1 fully saturated rings. The lowest BCUT2D eigenvalue weighted by atomic mass is 10.2. The summed E-state index contributed by atoms with van der Waals surface area (Å²) in [4.78, 5) is 17.2. The Kier molecular flexibility index (Phi) is 6.29. The number of para-hydroxylation sites is 2. The molecule has 0 radical (unpaired) electrons. The normalized spacial score (nSPS) is 19.8. The predicted molar refractivity (Wildman–Crippen MR) is 122 cm³/mol. The lowest BCUT2D eigenvalue weighted by Gasteiger charge is -2.39. The van der Waals surface area contributed by atoms with Crippen LogP contribution in [-0.4, -0.2) is 75.8 Å². The average molecular weight is 442 g/mol. The van der Waals surface area contributed by atoms with Crippen molar-refractivity contribution < 1.29 is 17.9 Å². The van der Waals surface area contributed by atoms with Crippen molar-refractivity contribution >= 4 is 27.7 Å². The van der Waals surface area contributed by atoms with Gasteiger partial charge in [-0.3, -0.25) is 14.0 Å². The van der Waals surface area contributed by atoms with Gasteiger partial charge >= 0.3 is 0 Å². The molecule has 0 aromatic heterocycles. The van der Waals surface area contributed by atoms with Crippen molar-refractivity contribution in [2.75, 3.05) is 49.8 Å². The summed E-state index contributed by atoms with van der Waals surface area (Å²) in [6.07, 6.45) is 4.55. The van der Waals surface area contributed by atoms with E-state index < -0.39 is 16.1 Å². The van der Waals surface area contributed by atoms with Gasteiger partial charge in [-0.2, -0.15) is 0 Å². The molecule has 2 aromatic rings. The number of rotatable bonds is 5. The number of anilines is 1. The standard InChI is InChI=1S/C23H27N3O4S/c1-31(28,29)26-18-22(30-21-12-6-5-11-20(21)26)23(27)25-16-14-24(15-17-25)13-7-10-19-8-3-2-4-9-19/h2-12,22H,13-18H2,1H3/b10-7+. The molecule has 2 aliphatic heterocycles. The number of piperazine rings is 1. The van der Waals surface area contributed by atoms with Gasteiger partial charge in [-0.15, -0.1) is 0 Å². The van der Waals surface area contributed by atoms with Crippen LogP contribution in [0.2, 0.25) is 0 Å². The Balaban J connectivity index is 1.35. The summed E-state index contributed by atoms with van der Waals surface area (Å²) in [6, 6.07) is 17.1. The van der Waals surface area contributed by atoms with Gasteiger partial charge in [0.15, 0.2) is 6.10 Å². The second-order valence-corrected chi connectivity index (χ2v) is 9.71. The molecule has 0 saturated carbocycles. The largest absolute Gasteiger partial charge is 0.476 e. The molecule has 8 heteroatoms. The number of hydrogen-bond donors (Lipinski definition) is 0. The maximum absolute atomic E-state index is 13.1. The molecule has 2 aliphatic rings. The van der Waals surface area contributed by atoms with Crippen molar-refractivity contribution in [3.63, 3.8) is 0 Å². The number of benzene rings is 2. The fourth-order valence-electron chi connectivity index (χ4n) is 3.90. The molecule has 2 heterocycles. The van der Waals surface area contributed by atoms with Gasteiger partial charge in [0.05, 0.1) is 18.5 Å². The first-order valence-corrected chi connectivity index (χ1v) is 12.2. The molecule has 0 N–H and O–H groups in total. The summed E-state index contributed by atoms with van der Waals surface area (Å²) in [6.45, 7) is 3.55. The van der Waals surface area contributed by atoms with Gasteiger partial charge in [-0.25, -0.2) is 8.42 Å². The zero-order valence-corrected chi connectivity index (χ0v) is 18.4. The zero-order valence-electron chi connectivity index (χ0n) is 17.6. The molecular formula is C23H27N3O4S. The quantitative estimate of drug-likeness (QED) is 0.711. The number of nitrogens with zero attached hydrogens (tertiary/aromatic N) is 3. The third kappa shape index (κ3) is 5.08. The Morgan fingerprint density at radius 3 is 2.42 bits per heavy atom. The van der Waals surface area contributed by atoms with E-state index in [9.17, 15) is 13.2 Å². The van der Waals surface area contributed by atoms with Crippen LogP contribution >= 0.6 is 0 Å². The summed E-state index contributed by atoms with van der Waals surface area (Å²) < 4.78 is 31.7. The molecule has 7 nitrogen and oxygen atoms in total. The van der Waals surface area contributed by atoms with Gasteiger partial charge in [-0.1, -0.05) is 54.6 Å². The van der Waals surface area contributed by atoms with Crippen LogP contribution < -0.4 is 9.04 Å². The summed E-state index contributed by atoms with van der Waals surface area (Å²) >= 11 is 0. The van der Waals surface area contributed by atoms with E-state index in [0.717, 1.165) is 25.9 Å². The van der Waals surface area contributed by atoms with Crippen LogP contribution in [0.4, 0.5) is 5.69 Å². The lowest BCUT2D eigenvalue weighted by molar-refractivity contribution is -0.140. The van der Waals surface area contributed by atoms with E-state index in [2.05, 4.69) is 29.2 Å². The van der Waals surface area contributed by atoms with E-state index >= 15 is 0 Å². The number of fused-ring (bicyclic) bond motifs is 1. The van der Waals surface area contributed by atoms with Crippen LogP contribution in [0.15, 0.2) is 60.7 Å². The third-order valence-electron chi connectivity index (χ3n) is 5.57. The highest BCUT2D eigenvalue weighted by Crippen LogP contribution is 2.35. The van der Waals surface area contributed by atoms with Gasteiger partial charge in [-0.05, 0) is 17.7 Å². The van der Waals surface area contributed by atoms with Gasteiger partial charge < -0.3 is 9.64 Å². The topological polar surface area (TPSA) is 70.2 Å². The number of ether oxygens (including phenoxy) is 1. The maximum Gasteiger partial charge on any atom is 0.265 e. The number of sulfonamides is 1. The molecule has 2 aromatic carbocycles. The number of amides is 1. The van der Waals surface area contributed by atoms with Gasteiger partial charge in [0.2, 0.25) is 10.0 Å². The Morgan fingerprint density at radius 1 is 1.03 bits per heavy atom. The SMILES string of the molecule is CS(=O)(=O)N1CC(C(=O)N2CCN(C/C=C/c3ccccc3)CC2)Oc2ccccc21. The smallest absolute Gasteiger partial charge is 0.265 e. The molecule has 164 valence electrons. The van der Waals surface area contributed by atoms with Crippen molar-refractivity contribution in [2.45, 2.75) is 6.10 Å². The molecule has 0 bridgehead atoms. The highest BCUT2D eigenvalue weighted by molar-refractivity contribution is 7.92. The first kappa shape index (κ1) is 21.4. The van der Waals surface area contributed by atoms with E-state index in [4.69, 9.17) is 4.74 Å².